The number of carbonyl (C=O) groups is 1. The summed E-state index contributed by atoms with van der Waals surface area (Å²) in [5.41, 5.74) is 0.711. The molecule has 0 aromatic heterocycles. The van der Waals surface area contributed by atoms with Gasteiger partial charge < -0.3 is 4.90 Å². The molecule has 0 unspecified atom stereocenters. The Kier molecular flexibility index (Phi) is 4.06. The van der Waals surface area contributed by atoms with Crippen molar-refractivity contribution in [3.8, 4) is 6.07 Å². The fraction of sp³-hybridized carbons (Fsp3) is 0.0667. The molecule has 20 heavy (non-hydrogen) atoms. The number of halogens is 1. The van der Waals surface area contributed by atoms with Crippen LogP contribution in [-0.2, 0) is 0 Å². The Morgan fingerprint density at radius 3 is 2.70 bits per heavy atom. The predicted octanol–water partition coefficient (Wildman–Crippen LogP) is 3.26. The minimum Gasteiger partial charge on any atom is -0.310 e. The molecule has 0 aliphatic heterocycles. The Morgan fingerprint density at radius 2 is 2.00 bits per heavy atom. The first-order valence-corrected chi connectivity index (χ1v) is 6.25. The van der Waals surface area contributed by atoms with Gasteiger partial charge in [-0.2, -0.15) is 5.26 Å². The minimum absolute atomic E-state index is 0.0762. The molecule has 0 bridgehead atoms. The van der Waals surface area contributed by atoms with Crippen molar-refractivity contribution in [1.29, 1.82) is 5.26 Å². The lowest BCUT2D eigenvalue weighted by atomic mass is 10.1. The van der Waals surface area contributed by atoms with Crippen molar-refractivity contribution in [1.82, 2.24) is 0 Å². The number of benzene rings is 2. The maximum atomic E-state index is 13.7. The second kappa shape index (κ2) is 5.76. The molecule has 2 aromatic carbocycles. The highest BCUT2D eigenvalue weighted by Crippen LogP contribution is 2.22. The summed E-state index contributed by atoms with van der Waals surface area (Å²) in [6.45, 7) is 0. The number of rotatable bonds is 2. The summed E-state index contributed by atoms with van der Waals surface area (Å²) < 4.78 is 13.7. The molecule has 100 valence electrons. The van der Waals surface area contributed by atoms with E-state index >= 15 is 0 Å². The minimum atomic E-state index is -0.617. The van der Waals surface area contributed by atoms with E-state index in [1.807, 2.05) is 6.07 Å². The first-order chi connectivity index (χ1) is 9.54. The predicted molar refractivity (Wildman–Crippen MR) is 77.5 cm³/mol. The first-order valence-electron chi connectivity index (χ1n) is 5.80. The zero-order valence-electron chi connectivity index (χ0n) is 10.7. The lowest BCUT2D eigenvalue weighted by Crippen LogP contribution is -2.27. The summed E-state index contributed by atoms with van der Waals surface area (Å²) in [5, 5.41) is 9.04. The van der Waals surface area contributed by atoms with Crippen molar-refractivity contribution in [2.24, 2.45) is 0 Å². The number of hydrogen-bond donors (Lipinski definition) is 1. The number of anilines is 1. The normalized spacial score (nSPS) is 9.90. The quantitative estimate of drug-likeness (QED) is 0.861. The summed E-state index contributed by atoms with van der Waals surface area (Å²) >= 11 is 4.10. The van der Waals surface area contributed by atoms with Gasteiger partial charge in [-0.25, -0.2) is 4.39 Å². The third-order valence-electron chi connectivity index (χ3n) is 2.87. The fourth-order valence-corrected chi connectivity index (χ4v) is 2.03. The number of carbonyl (C=O) groups excluding carboxylic acids is 1. The van der Waals surface area contributed by atoms with E-state index in [1.165, 1.54) is 30.1 Å². The Labute approximate surface area is 121 Å². The summed E-state index contributed by atoms with van der Waals surface area (Å²) in [4.78, 5) is 14.1. The molecule has 0 spiro atoms. The highest BCUT2D eigenvalue weighted by molar-refractivity contribution is 7.80. The highest BCUT2D eigenvalue weighted by Gasteiger charge is 2.19. The van der Waals surface area contributed by atoms with Crippen LogP contribution >= 0.6 is 12.6 Å². The van der Waals surface area contributed by atoms with Crippen molar-refractivity contribution >= 4 is 24.2 Å². The van der Waals surface area contributed by atoms with Crippen LogP contribution < -0.4 is 4.90 Å². The average Bonchev–Trinajstić information content (AvgIpc) is 2.48. The summed E-state index contributed by atoms with van der Waals surface area (Å²) in [6.07, 6.45) is 0. The van der Waals surface area contributed by atoms with Gasteiger partial charge in [0.2, 0.25) is 0 Å². The topological polar surface area (TPSA) is 44.1 Å². The van der Waals surface area contributed by atoms with E-state index in [0.717, 1.165) is 0 Å². The Bertz CT molecular complexity index is 709. The average molecular weight is 286 g/mol. The van der Waals surface area contributed by atoms with E-state index in [2.05, 4.69) is 12.6 Å². The smallest absolute Gasteiger partial charge is 0.261 e. The maximum absolute atomic E-state index is 13.7. The Hall–Kier alpha value is -2.32. The second-order valence-electron chi connectivity index (χ2n) is 4.16. The number of amides is 1. The molecule has 0 atom stereocenters. The zero-order valence-corrected chi connectivity index (χ0v) is 11.6. The van der Waals surface area contributed by atoms with E-state index < -0.39 is 11.7 Å². The van der Waals surface area contributed by atoms with E-state index in [9.17, 15) is 9.18 Å². The fourth-order valence-electron chi connectivity index (χ4n) is 1.83. The van der Waals surface area contributed by atoms with E-state index in [0.29, 0.717) is 16.1 Å². The van der Waals surface area contributed by atoms with Crippen molar-refractivity contribution in [3.05, 3.63) is 59.4 Å². The molecule has 1 amide bonds. The van der Waals surface area contributed by atoms with Gasteiger partial charge >= 0.3 is 0 Å². The molecule has 2 rings (SSSR count). The van der Waals surface area contributed by atoms with Crippen LogP contribution in [0, 0.1) is 17.1 Å². The number of nitriles is 1. The number of thiol groups is 1. The van der Waals surface area contributed by atoms with Gasteiger partial charge in [-0.1, -0.05) is 12.1 Å². The lowest BCUT2D eigenvalue weighted by Gasteiger charge is -2.19. The van der Waals surface area contributed by atoms with Gasteiger partial charge in [-0.05, 0) is 30.3 Å². The number of nitrogens with zero attached hydrogens (tertiary/aromatic N) is 2. The van der Waals surface area contributed by atoms with Crippen LogP contribution in [0.25, 0.3) is 0 Å². The molecule has 0 radical (unpaired) electrons. The van der Waals surface area contributed by atoms with Crippen molar-refractivity contribution < 1.29 is 9.18 Å². The van der Waals surface area contributed by atoms with Crippen LogP contribution in [0.1, 0.15) is 15.9 Å². The van der Waals surface area contributed by atoms with Gasteiger partial charge in [0.1, 0.15) is 11.9 Å². The number of hydrogen-bond acceptors (Lipinski definition) is 3. The van der Waals surface area contributed by atoms with Crippen LogP contribution in [0.5, 0.6) is 0 Å². The van der Waals surface area contributed by atoms with Gasteiger partial charge in [-0.15, -0.1) is 12.6 Å². The molecular formula is C15H11FN2OS. The van der Waals surface area contributed by atoms with Crippen molar-refractivity contribution in [3.63, 3.8) is 0 Å². The van der Waals surface area contributed by atoms with E-state index in [-0.39, 0.29) is 5.56 Å². The van der Waals surface area contributed by atoms with Gasteiger partial charge in [0.25, 0.3) is 5.91 Å². The summed E-state index contributed by atoms with van der Waals surface area (Å²) in [5.74, 6) is -1.14. The largest absolute Gasteiger partial charge is 0.310 e. The third kappa shape index (κ3) is 2.65. The molecule has 0 fully saturated rings. The third-order valence-corrected chi connectivity index (χ3v) is 3.15. The molecule has 0 saturated carbocycles. The first kappa shape index (κ1) is 14.1. The molecule has 0 aliphatic carbocycles. The monoisotopic (exact) mass is 286 g/mol. The van der Waals surface area contributed by atoms with Crippen LogP contribution in [-0.4, -0.2) is 13.0 Å². The van der Waals surface area contributed by atoms with Gasteiger partial charge in [-0.3, -0.25) is 4.79 Å². The summed E-state index contributed by atoms with van der Waals surface area (Å²) in [6, 6.07) is 12.7. The standard InChI is InChI=1S/C15H11FN2OS/c1-18(14-5-3-2-4-10(14)9-17)15(19)12-8-11(20)6-7-13(12)16/h2-8,20H,1H3. The Morgan fingerprint density at radius 1 is 1.30 bits per heavy atom. The lowest BCUT2D eigenvalue weighted by molar-refractivity contribution is 0.0989. The molecule has 0 aliphatic rings. The molecular weight excluding hydrogens is 275 g/mol. The van der Waals surface area contributed by atoms with Gasteiger partial charge in [0, 0.05) is 11.9 Å². The summed E-state index contributed by atoms with van der Waals surface area (Å²) in [7, 11) is 1.50. The zero-order chi connectivity index (χ0) is 14.7. The molecule has 0 N–H and O–H groups in total. The SMILES string of the molecule is CN(C(=O)c1cc(S)ccc1F)c1ccccc1C#N. The molecule has 0 heterocycles. The van der Waals surface area contributed by atoms with Crippen molar-refractivity contribution in [2.45, 2.75) is 4.90 Å². The van der Waals surface area contributed by atoms with Crippen molar-refractivity contribution in [2.75, 3.05) is 11.9 Å². The van der Waals surface area contributed by atoms with Gasteiger partial charge in [0.05, 0.1) is 16.8 Å². The molecule has 3 nitrogen and oxygen atoms in total. The molecule has 2 aromatic rings. The Balaban J connectivity index is 2.43. The van der Waals surface area contributed by atoms with E-state index in [4.69, 9.17) is 5.26 Å². The molecule has 0 saturated heterocycles. The molecule has 5 heteroatoms. The number of para-hydroxylation sites is 1. The van der Waals surface area contributed by atoms with Gasteiger partial charge in [0.15, 0.2) is 0 Å². The van der Waals surface area contributed by atoms with Crippen LogP contribution in [0.2, 0.25) is 0 Å². The van der Waals surface area contributed by atoms with Crippen LogP contribution in [0.4, 0.5) is 10.1 Å². The maximum Gasteiger partial charge on any atom is 0.261 e. The second-order valence-corrected chi connectivity index (χ2v) is 4.67. The highest BCUT2D eigenvalue weighted by atomic mass is 32.1. The van der Waals surface area contributed by atoms with Crippen LogP contribution in [0.15, 0.2) is 47.4 Å². The van der Waals surface area contributed by atoms with Crippen LogP contribution in [0.3, 0.4) is 0 Å². The van der Waals surface area contributed by atoms with E-state index in [1.54, 1.807) is 24.3 Å².